The average molecular weight is 464 g/mol. The minimum Gasteiger partial charge on any atom is -0.345 e. The molecule has 0 bridgehead atoms. The topological polar surface area (TPSA) is 45.6 Å². The van der Waals surface area contributed by atoms with Gasteiger partial charge >= 0.3 is 0 Å². The van der Waals surface area contributed by atoms with Gasteiger partial charge in [0.25, 0.3) is 0 Å². The molecular weight excluding hydrogens is 429 g/mol. The Bertz CT molecular complexity index is 1050. The third-order valence-electron chi connectivity index (χ3n) is 5.87. The fraction of sp³-hybridized carbons (Fsp3) is 0.357. The minimum atomic E-state index is -0.259. The normalized spacial score (nSPS) is 10.8. The van der Waals surface area contributed by atoms with E-state index in [9.17, 15) is 14.0 Å². The molecule has 180 valence electrons. The second-order valence-corrected chi connectivity index (χ2v) is 8.51. The first kappa shape index (κ1) is 25.2. The highest BCUT2D eigenvalue weighted by atomic mass is 19.1. The second kappa shape index (κ2) is 12.7. The maximum Gasteiger partial charge on any atom is 0.242 e. The van der Waals surface area contributed by atoms with E-state index in [0.29, 0.717) is 32.6 Å². The van der Waals surface area contributed by atoms with Gasteiger partial charge in [0, 0.05) is 37.9 Å². The summed E-state index contributed by atoms with van der Waals surface area (Å²) in [5.41, 5.74) is 3.00. The summed E-state index contributed by atoms with van der Waals surface area (Å²) < 4.78 is 15.4. The molecule has 3 rings (SSSR count). The molecule has 0 aliphatic rings. The van der Waals surface area contributed by atoms with E-state index in [1.165, 1.54) is 12.1 Å². The largest absolute Gasteiger partial charge is 0.345 e. The Hall–Kier alpha value is -3.41. The summed E-state index contributed by atoms with van der Waals surface area (Å²) in [5.74, 6) is -0.331. The highest BCUT2D eigenvalue weighted by Gasteiger charge is 2.21. The Balaban J connectivity index is 1.79. The number of carbonyl (C=O) groups excluding carboxylic acids is 2. The third kappa shape index (κ3) is 7.30. The summed E-state index contributed by atoms with van der Waals surface area (Å²) in [4.78, 5) is 29.4. The van der Waals surface area contributed by atoms with E-state index in [1.807, 2.05) is 60.5 Å². The average Bonchev–Trinajstić information content (AvgIpc) is 3.29. The lowest BCUT2D eigenvalue weighted by atomic mass is 10.2. The molecule has 0 atom stereocenters. The number of amides is 2. The van der Waals surface area contributed by atoms with Crippen LogP contribution in [-0.2, 0) is 29.2 Å². The Kier molecular flexibility index (Phi) is 9.44. The van der Waals surface area contributed by atoms with Crippen molar-refractivity contribution in [3.63, 3.8) is 0 Å². The van der Waals surface area contributed by atoms with Crippen LogP contribution in [0.2, 0.25) is 0 Å². The first-order valence-electron chi connectivity index (χ1n) is 12.0. The van der Waals surface area contributed by atoms with Crippen LogP contribution in [0.15, 0.2) is 72.9 Å². The Morgan fingerprint density at radius 1 is 0.824 bits per heavy atom. The molecule has 0 N–H and O–H groups in total. The minimum absolute atomic E-state index is 0.00106. The highest BCUT2D eigenvalue weighted by Crippen LogP contribution is 2.15. The maximum atomic E-state index is 13.5. The predicted molar refractivity (Wildman–Crippen MR) is 132 cm³/mol. The van der Waals surface area contributed by atoms with Crippen molar-refractivity contribution in [2.45, 2.75) is 52.7 Å². The predicted octanol–water partition coefficient (Wildman–Crippen LogP) is 5.24. The van der Waals surface area contributed by atoms with Crippen molar-refractivity contribution >= 4 is 11.8 Å². The number of rotatable bonds is 12. The van der Waals surface area contributed by atoms with Crippen molar-refractivity contribution < 1.29 is 14.0 Å². The third-order valence-corrected chi connectivity index (χ3v) is 5.87. The van der Waals surface area contributed by atoms with Gasteiger partial charge in [-0.25, -0.2) is 4.39 Å². The monoisotopic (exact) mass is 463 g/mol. The van der Waals surface area contributed by atoms with Gasteiger partial charge in [-0.2, -0.15) is 0 Å². The first-order chi connectivity index (χ1) is 16.5. The Labute approximate surface area is 201 Å². The summed E-state index contributed by atoms with van der Waals surface area (Å²) in [5, 5.41) is 0. The molecule has 3 aromatic rings. The summed E-state index contributed by atoms with van der Waals surface area (Å²) >= 11 is 0. The van der Waals surface area contributed by atoms with Crippen LogP contribution in [0.3, 0.4) is 0 Å². The first-order valence-corrected chi connectivity index (χ1v) is 12.0. The molecule has 0 spiro atoms. The van der Waals surface area contributed by atoms with Crippen molar-refractivity contribution in [1.82, 2.24) is 14.4 Å². The quantitative estimate of drug-likeness (QED) is 0.369. The number of nitrogens with zero attached hydrogens (tertiary/aromatic N) is 3. The number of hydrogen-bond acceptors (Lipinski definition) is 2. The molecule has 0 fully saturated rings. The van der Waals surface area contributed by atoms with Crippen LogP contribution in [0.5, 0.6) is 0 Å². The summed E-state index contributed by atoms with van der Waals surface area (Å²) in [7, 11) is 0. The molecule has 2 aromatic carbocycles. The van der Waals surface area contributed by atoms with Gasteiger partial charge in [0.1, 0.15) is 5.82 Å². The van der Waals surface area contributed by atoms with E-state index in [1.54, 1.807) is 17.0 Å². The van der Waals surface area contributed by atoms with Gasteiger partial charge in [-0.3, -0.25) is 9.59 Å². The lowest BCUT2D eigenvalue weighted by Gasteiger charge is -2.28. The molecule has 0 radical (unpaired) electrons. The Morgan fingerprint density at radius 3 is 2.24 bits per heavy atom. The number of halogens is 1. The SMILES string of the molecule is CCCCN(CC(=O)N(Cc1ccccc1)Cc1cccn1Cc1ccc(F)cc1)C(=O)CC. The van der Waals surface area contributed by atoms with Crippen LogP contribution >= 0.6 is 0 Å². The Morgan fingerprint density at radius 2 is 1.56 bits per heavy atom. The molecule has 34 heavy (non-hydrogen) atoms. The number of hydrogen-bond donors (Lipinski definition) is 0. The molecule has 1 aromatic heterocycles. The molecule has 5 nitrogen and oxygen atoms in total. The van der Waals surface area contributed by atoms with E-state index in [-0.39, 0.29) is 24.2 Å². The van der Waals surface area contributed by atoms with Crippen molar-refractivity contribution in [2.75, 3.05) is 13.1 Å². The van der Waals surface area contributed by atoms with Crippen LogP contribution in [-0.4, -0.2) is 39.3 Å². The van der Waals surface area contributed by atoms with E-state index < -0.39 is 0 Å². The van der Waals surface area contributed by atoms with E-state index in [0.717, 1.165) is 29.7 Å². The summed E-state index contributed by atoms with van der Waals surface area (Å²) in [6.07, 6.45) is 4.19. The lowest BCUT2D eigenvalue weighted by molar-refractivity contribution is -0.141. The van der Waals surface area contributed by atoms with Gasteiger partial charge in [-0.1, -0.05) is 62.7 Å². The number of benzene rings is 2. The number of carbonyl (C=O) groups is 2. The van der Waals surface area contributed by atoms with Crippen molar-refractivity contribution in [1.29, 1.82) is 0 Å². The molecule has 0 saturated carbocycles. The van der Waals surface area contributed by atoms with Crippen LogP contribution in [0.25, 0.3) is 0 Å². The number of unbranched alkanes of at least 4 members (excludes halogenated alkanes) is 1. The van der Waals surface area contributed by atoms with Gasteiger partial charge in [0.15, 0.2) is 0 Å². The van der Waals surface area contributed by atoms with Crippen LogP contribution in [0.1, 0.15) is 49.9 Å². The van der Waals surface area contributed by atoms with Crippen LogP contribution in [0.4, 0.5) is 4.39 Å². The second-order valence-electron chi connectivity index (χ2n) is 8.51. The molecule has 0 saturated heterocycles. The van der Waals surface area contributed by atoms with Gasteiger partial charge in [-0.05, 0) is 41.8 Å². The van der Waals surface area contributed by atoms with Gasteiger partial charge in [0.05, 0.1) is 13.1 Å². The molecule has 0 aliphatic heterocycles. The zero-order chi connectivity index (χ0) is 24.3. The van der Waals surface area contributed by atoms with Gasteiger partial charge in [0.2, 0.25) is 11.8 Å². The van der Waals surface area contributed by atoms with E-state index >= 15 is 0 Å². The molecular formula is C28H34FN3O2. The summed E-state index contributed by atoms with van der Waals surface area (Å²) in [6, 6.07) is 20.3. The lowest BCUT2D eigenvalue weighted by Crippen LogP contribution is -2.42. The molecule has 1 heterocycles. The van der Waals surface area contributed by atoms with Gasteiger partial charge < -0.3 is 14.4 Å². The molecule has 0 aliphatic carbocycles. The van der Waals surface area contributed by atoms with Gasteiger partial charge in [-0.15, -0.1) is 0 Å². The molecule has 0 unspecified atom stereocenters. The van der Waals surface area contributed by atoms with Crippen LogP contribution in [0, 0.1) is 5.82 Å². The standard InChI is InChI=1S/C28H34FN3O2/c1-3-5-17-31(27(33)4-2)22-28(34)32(20-23-10-7-6-8-11-23)21-26-12-9-18-30(26)19-24-13-15-25(29)16-14-24/h6-16,18H,3-5,17,19-22H2,1-2H3. The zero-order valence-corrected chi connectivity index (χ0v) is 20.1. The summed E-state index contributed by atoms with van der Waals surface area (Å²) in [6.45, 7) is 6.05. The van der Waals surface area contributed by atoms with Crippen molar-refractivity contribution in [3.05, 3.63) is 95.6 Å². The molecule has 2 amide bonds. The number of aromatic nitrogens is 1. The van der Waals surface area contributed by atoms with E-state index in [4.69, 9.17) is 0 Å². The molecule has 6 heteroatoms. The van der Waals surface area contributed by atoms with Crippen LogP contribution < -0.4 is 0 Å². The fourth-order valence-corrected chi connectivity index (χ4v) is 3.89. The fourth-order valence-electron chi connectivity index (χ4n) is 3.89. The van der Waals surface area contributed by atoms with Crippen molar-refractivity contribution in [2.24, 2.45) is 0 Å². The smallest absolute Gasteiger partial charge is 0.242 e. The highest BCUT2D eigenvalue weighted by molar-refractivity contribution is 5.84. The maximum absolute atomic E-state index is 13.5. The van der Waals surface area contributed by atoms with E-state index in [2.05, 4.69) is 11.5 Å². The van der Waals surface area contributed by atoms with Crippen molar-refractivity contribution in [3.8, 4) is 0 Å². The zero-order valence-electron chi connectivity index (χ0n) is 20.1.